The van der Waals surface area contributed by atoms with Crippen LogP contribution in [0.25, 0.3) is 0 Å². The van der Waals surface area contributed by atoms with Crippen molar-refractivity contribution in [3.8, 4) is 11.5 Å². The van der Waals surface area contributed by atoms with Crippen LogP contribution >= 0.6 is 0 Å². The molecule has 1 heterocycles. The van der Waals surface area contributed by atoms with E-state index in [-0.39, 0.29) is 6.04 Å². The molecular formula is C22H34N6O2. The van der Waals surface area contributed by atoms with Gasteiger partial charge < -0.3 is 20.5 Å². The van der Waals surface area contributed by atoms with Crippen LogP contribution in [0, 0.1) is 0 Å². The van der Waals surface area contributed by atoms with Crippen molar-refractivity contribution in [3.63, 3.8) is 0 Å². The summed E-state index contributed by atoms with van der Waals surface area (Å²) >= 11 is 0. The van der Waals surface area contributed by atoms with Gasteiger partial charge in [0, 0.05) is 12.1 Å². The highest BCUT2D eigenvalue weighted by Gasteiger charge is 2.30. The summed E-state index contributed by atoms with van der Waals surface area (Å²) in [6.07, 6.45) is 10.3. The average molecular weight is 415 g/mol. The summed E-state index contributed by atoms with van der Waals surface area (Å²) in [5.41, 5.74) is 7.21. The zero-order valence-electron chi connectivity index (χ0n) is 18.1. The third-order valence-corrected chi connectivity index (χ3v) is 6.61. The number of tetrazole rings is 1. The van der Waals surface area contributed by atoms with Crippen LogP contribution in [0.4, 0.5) is 0 Å². The van der Waals surface area contributed by atoms with Gasteiger partial charge in [-0.3, -0.25) is 0 Å². The van der Waals surface area contributed by atoms with Gasteiger partial charge in [0.25, 0.3) is 0 Å². The normalized spacial score (nSPS) is 23.8. The number of hydrogen-bond donors (Lipinski definition) is 2. The number of hydrogen-bond acceptors (Lipinski definition) is 7. The molecule has 8 heteroatoms. The number of benzene rings is 1. The van der Waals surface area contributed by atoms with Gasteiger partial charge in [0.1, 0.15) is 0 Å². The molecule has 164 valence electrons. The van der Waals surface area contributed by atoms with Gasteiger partial charge in [-0.25, -0.2) is 4.68 Å². The standard InChI is InChI=1S/C22H34N6O2/c1-29-19-13-8-15(14-20(19)30-2)21(24-17-11-9-16(23)10-12-17)22-25-26-27-28(22)18-6-4-3-5-7-18/h8,13-14,16-18,21,24H,3-7,9-12,23H2,1-2H3. The molecule has 0 aliphatic heterocycles. The lowest BCUT2D eigenvalue weighted by Gasteiger charge is -2.32. The van der Waals surface area contributed by atoms with Crippen LogP contribution in [-0.4, -0.2) is 46.5 Å². The smallest absolute Gasteiger partial charge is 0.173 e. The molecule has 0 saturated heterocycles. The van der Waals surface area contributed by atoms with E-state index >= 15 is 0 Å². The number of aromatic nitrogens is 4. The number of nitrogens with two attached hydrogens (primary N) is 1. The van der Waals surface area contributed by atoms with Crippen LogP contribution in [0.15, 0.2) is 18.2 Å². The monoisotopic (exact) mass is 414 g/mol. The molecule has 0 amide bonds. The van der Waals surface area contributed by atoms with Gasteiger partial charge in [0.05, 0.1) is 26.3 Å². The Labute approximate surface area is 178 Å². The molecule has 2 fully saturated rings. The van der Waals surface area contributed by atoms with E-state index in [1.54, 1.807) is 14.2 Å². The van der Waals surface area contributed by atoms with Gasteiger partial charge in [-0.1, -0.05) is 25.3 Å². The van der Waals surface area contributed by atoms with Crippen LogP contribution in [0.1, 0.15) is 81.3 Å². The van der Waals surface area contributed by atoms with E-state index in [0.717, 1.165) is 55.7 Å². The zero-order chi connectivity index (χ0) is 20.9. The van der Waals surface area contributed by atoms with E-state index in [1.807, 2.05) is 12.1 Å². The first-order chi connectivity index (χ1) is 14.7. The SMILES string of the molecule is COc1ccc(C(NC2CCC(N)CC2)c2nnnn2C2CCCCC2)cc1OC. The largest absolute Gasteiger partial charge is 0.493 e. The number of methoxy groups -OCH3 is 2. The van der Waals surface area contributed by atoms with Crippen LogP contribution < -0.4 is 20.5 Å². The predicted octanol–water partition coefficient (Wildman–Crippen LogP) is 3.14. The molecule has 2 saturated carbocycles. The lowest BCUT2D eigenvalue weighted by molar-refractivity contribution is 0.293. The summed E-state index contributed by atoms with van der Waals surface area (Å²) in [5.74, 6) is 2.31. The zero-order valence-corrected chi connectivity index (χ0v) is 18.1. The van der Waals surface area contributed by atoms with E-state index in [1.165, 1.54) is 19.3 Å². The second-order valence-corrected chi connectivity index (χ2v) is 8.60. The Balaban J connectivity index is 1.67. The topological polar surface area (TPSA) is 100 Å². The highest BCUT2D eigenvalue weighted by atomic mass is 16.5. The van der Waals surface area contributed by atoms with E-state index < -0.39 is 0 Å². The highest BCUT2D eigenvalue weighted by Crippen LogP contribution is 2.35. The minimum Gasteiger partial charge on any atom is -0.493 e. The highest BCUT2D eigenvalue weighted by molar-refractivity contribution is 5.45. The van der Waals surface area contributed by atoms with E-state index in [0.29, 0.717) is 23.9 Å². The molecule has 0 bridgehead atoms. The molecule has 0 radical (unpaired) electrons. The van der Waals surface area contributed by atoms with Crippen molar-refractivity contribution >= 4 is 0 Å². The molecule has 3 N–H and O–H groups in total. The fourth-order valence-electron chi connectivity index (χ4n) is 4.85. The fourth-order valence-corrected chi connectivity index (χ4v) is 4.85. The maximum Gasteiger partial charge on any atom is 0.173 e. The van der Waals surface area contributed by atoms with Crippen molar-refractivity contribution in [3.05, 3.63) is 29.6 Å². The first-order valence-electron chi connectivity index (χ1n) is 11.2. The van der Waals surface area contributed by atoms with Gasteiger partial charge in [-0.2, -0.15) is 0 Å². The second kappa shape index (κ2) is 9.75. The Morgan fingerprint density at radius 1 is 1.00 bits per heavy atom. The quantitative estimate of drug-likeness (QED) is 0.718. The number of rotatable bonds is 7. The van der Waals surface area contributed by atoms with Crippen molar-refractivity contribution in [2.45, 2.75) is 82.0 Å². The van der Waals surface area contributed by atoms with Gasteiger partial charge in [-0.15, -0.1) is 5.10 Å². The van der Waals surface area contributed by atoms with Crippen molar-refractivity contribution in [1.82, 2.24) is 25.5 Å². The van der Waals surface area contributed by atoms with Crippen molar-refractivity contribution in [2.75, 3.05) is 14.2 Å². The molecule has 2 aliphatic carbocycles. The first kappa shape index (κ1) is 21.1. The lowest BCUT2D eigenvalue weighted by Crippen LogP contribution is -2.40. The first-order valence-corrected chi connectivity index (χ1v) is 11.2. The third-order valence-electron chi connectivity index (χ3n) is 6.61. The number of nitrogens with one attached hydrogen (secondary N) is 1. The molecule has 30 heavy (non-hydrogen) atoms. The molecule has 2 aliphatic rings. The van der Waals surface area contributed by atoms with Crippen LogP contribution in [0.3, 0.4) is 0 Å². The molecule has 2 aromatic rings. The molecule has 1 unspecified atom stereocenters. The lowest BCUT2D eigenvalue weighted by atomic mass is 9.90. The Kier molecular flexibility index (Phi) is 6.84. The maximum atomic E-state index is 6.13. The van der Waals surface area contributed by atoms with Crippen molar-refractivity contribution in [1.29, 1.82) is 0 Å². The fraction of sp³-hybridized carbons (Fsp3) is 0.682. The summed E-state index contributed by atoms with van der Waals surface area (Å²) in [5, 5.41) is 16.8. The molecule has 1 aromatic carbocycles. The van der Waals surface area contributed by atoms with Crippen molar-refractivity contribution in [2.24, 2.45) is 5.73 Å². The molecule has 4 rings (SSSR count). The minimum absolute atomic E-state index is 0.110. The van der Waals surface area contributed by atoms with Gasteiger partial charge in [0.2, 0.25) is 0 Å². The Hall–Kier alpha value is -2.19. The summed E-state index contributed by atoms with van der Waals surface area (Å²) in [7, 11) is 3.32. The van der Waals surface area contributed by atoms with Crippen LogP contribution in [0.2, 0.25) is 0 Å². The van der Waals surface area contributed by atoms with E-state index in [9.17, 15) is 0 Å². The maximum absolute atomic E-state index is 6.13. The predicted molar refractivity (Wildman–Crippen MR) is 115 cm³/mol. The van der Waals surface area contributed by atoms with E-state index in [2.05, 4.69) is 31.6 Å². The third kappa shape index (κ3) is 4.59. The van der Waals surface area contributed by atoms with Gasteiger partial charge >= 0.3 is 0 Å². The van der Waals surface area contributed by atoms with Gasteiger partial charge in [-0.05, 0) is 66.6 Å². The van der Waals surface area contributed by atoms with Crippen LogP contribution in [-0.2, 0) is 0 Å². The van der Waals surface area contributed by atoms with Crippen molar-refractivity contribution < 1.29 is 9.47 Å². The second-order valence-electron chi connectivity index (χ2n) is 8.60. The summed E-state index contributed by atoms with van der Waals surface area (Å²) in [6, 6.07) is 7.02. The number of nitrogens with zero attached hydrogens (tertiary/aromatic N) is 4. The molecular weight excluding hydrogens is 380 g/mol. The molecule has 0 spiro atoms. The molecule has 1 aromatic heterocycles. The van der Waals surface area contributed by atoms with Crippen LogP contribution in [0.5, 0.6) is 11.5 Å². The molecule has 8 nitrogen and oxygen atoms in total. The minimum atomic E-state index is -0.110. The summed E-state index contributed by atoms with van der Waals surface area (Å²) in [6.45, 7) is 0. The summed E-state index contributed by atoms with van der Waals surface area (Å²) in [4.78, 5) is 0. The Bertz CT molecular complexity index is 812. The Morgan fingerprint density at radius 2 is 1.73 bits per heavy atom. The average Bonchev–Trinajstić information content (AvgIpc) is 3.28. The Morgan fingerprint density at radius 3 is 2.43 bits per heavy atom. The van der Waals surface area contributed by atoms with E-state index in [4.69, 9.17) is 15.2 Å². The molecule has 1 atom stereocenters. The number of ether oxygens (including phenoxy) is 2. The van der Waals surface area contributed by atoms with Gasteiger partial charge in [0.15, 0.2) is 17.3 Å². The summed E-state index contributed by atoms with van der Waals surface area (Å²) < 4.78 is 13.1.